The summed E-state index contributed by atoms with van der Waals surface area (Å²) in [4.78, 5) is 14.7. The average Bonchev–Trinajstić information content (AvgIpc) is 2.91. The number of rotatable bonds is 3. The monoisotopic (exact) mass is 305 g/mol. The van der Waals surface area contributed by atoms with Crippen LogP contribution >= 0.6 is 22.6 Å². The van der Waals surface area contributed by atoms with Gasteiger partial charge in [-0.3, -0.25) is 4.98 Å². The number of carboxylic acids is 1. The number of nitrogens with zero attached hydrogens (tertiary/aromatic N) is 1. The van der Waals surface area contributed by atoms with Crippen molar-refractivity contribution in [3.8, 4) is 5.75 Å². The lowest BCUT2D eigenvalue weighted by atomic mass is 10.2. The van der Waals surface area contributed by atoms with E-state index in [2.05, 4.69) is 4.98 Å². The molecule has 0 atom stereocenters. The predicted octanol–water partition coefficient (Wildman–Crippen LogP) is 1.93. The molecule has 1 aliphatic rings. The number of hydrogen-bond donors (Lipinski definition) is 1. The van der Waals surface area contributed by atoms with Gasteiger partial charge in [-0.05, 0) is 35.4 Å². The van der Waals surface area contributed by atoms with Gasteiger partial charge in [0.2, 0.25) is 0 Å². The molecule has 4 nitrogen and oxygen atoms in total. The number of halogens is 1. The van der Waals surface area contributed by atoms with E-state index < -0.39 is 5.97 Å². The molecule has 0 spiro atoms. The smallest absolute Gasteiger partial charge is 0.341 e. The highest BCUT2D eigenvalue weighted by molar-refractivity contribution is 14.1. The Hall–Kier alpha value is -0.850. The summed E-state index contributed by atoms with van der Waals surface area (Å²) in [6.45, 7) is 0. The van der Waals surface area contributed by atoms with Gasteiger partial charge in [0.1, 0.15) is 5.56 Å². The fourth-order valence-electron chi connectivity index (χ4n) is 1.05. The Kier molecular flexibility index (Phi) is 2.58. The van der Waals surface area contributed by atoms with Crippen LogP contribution < -0.4 is 4.74 Å². The van der Waals surface area contributed by atoms with Gasteiger partial charge >= 0.3 is 5.97 Å². The molecule has 1 heterocycles. The number of aromatic carboxylic acids is 1. The molecule has 5 heteroatoms. The van der Waals surface area contributed by atoms with Gasteiger partial charge in [-0.2, -0.15) is 0 Å². The Morgan fingerprint density at radius 2 is 2.29 bits per heavy atom. The number of ether oxygens (including phenoxy) is 1. The molecule has 0 radical (unpaired) electrons. The van der Waals surface area contributed by atoms with Crippen LogP contribution in [0, 0.1) is 3.57 Å². The van der Waals surface area contributed by atoms with Gasteiger partial charge in [-0.1, -0.05) is 0 Å². The van der Waals surface area contributed by atoms with Crippen molar-refractivity contribution in [3.05, 3.63) is 21.5 Å². The minimum absolute atomic E-state index is 0.142. The highest BCUT2D eigenvalue weighted by Crippen LogP contribution is 2.32. The second-order valence-electron chi connectivity index (χ2n) is 3.12. The highest BCUT2D eigenvalue weighted by Gasteiger charge is 2.27. The fraction of sp³-hybridized carbons (Fsp3) is 0.333. The standard InChI is InChI=1S/C9H8INO3/c10-7-4-11-3-6(9(12)13)8(7)14-5-1-2-5/h3-5H,1-2H2,(H,12,13). The molecule has 1 fully saturated rings. The molecule has 2 rings (SSSR count). The number of aromatic nitrogens is 1. The zero-order valence-electron chi connectivity index (χ0n) is 7.24. The maximum atomic E-state index is 10.9. The van der Waals surface area contributed by atoms with Crippen molar-refractivity contribution in [1.82, 2.24) is 4.98 Å². The third kappa shape index (κ3) is 1.97. The molecule has 1 N–H and O–H groups in total. The van der Waals surface area contributed by atoms with E-state index in [0.717, 1.165) is 16.4 Å². The van der Waals surface area contributed by atoms with Crippen molar-refractivity contribution in [1.29, 1.82) is 0 Å². The van der Waals surface area contributed by atoms with Gasteiger partial charge in [0, 0.05) is 12.4 Å². The largest absolute Gasteiger partial charge is 0.488 e. The number of hydrogen-bond acceptors (Lipinski definition) is 3. The van der Waals surface area contributed by atoms with E-state index in [4.69, 9.17) is 9.84 Å². The topological polar surface area (TPSA) is 59.4 Å². The molecule has 14 heavy (non-hydrogen) atoms. The van der Waals surface area contributed by atoms with Crippen LogP contribution in [0.2, 0.25) is 0 Å². The van der Waals surface area contributed by atoms with Crippen LogP contribution in [0.1, 0.15) is 23.2 Å². The minimum atomic E-state index is -0.994. The molecule has 74 valence electrons. The first-order chi connectivity index (χ1) is 6.68. The second kappa shape index (κ2) is 3.72. The van der Waals surface area contributed by atoms with Crippen molar-refractivity contribution in [3.63, 3.8) is 0 Å². The molecule has 0 unspecified atom stereocenters. The first-order valence-corrected chi connectivity index (χ1v) is 5.30. The van der Waals surface area contributed by atoms with E-state index in [0.29, 0.717) is 5.75 Å². The Morgan fingerprint density at radius 1 is 1.57 bits per heavy atom. The maximum absolute atomic E-state index is 10.9. The molecule has 0 bridgehead atoms. The van der Waals surface area contributed by atoms with Crippen LogP contribution in [0.5, 0.6) is 5.75 Å². The highest BCUT2D eigenvalue weighted by atomic mass is 127. The summed E-state index contributed by atoms with van der Waals surface area (Å²) in [5.41, 5.74) is 0.142. The number of carbonyl (C=O) groups is 1. The van der Waals surface area contributed by atoms with Gasteiger partial charge in [0.05, 0.1) is 9.67 Å². The third-order valence-corrected chi connectivity index (χ3v) is 2.66. The van der Waals surface area contributed by atoms with Crippen LogP contribution in [0.25, 0.3) is 0 Å². The number of carboxylic acid groups (broad SMARTS) is 1. The molecule has 0 aromatic carbocycles. The van der Waals surface area contributed by atoms with Gasteiger partial charge in [-0.25, -0.2) is 4.79 Å². The summed E-state index contributed by atoms with van der Waals surface area (Å²) < 4.78 is 6.26. The summed E-state index contributed by atoms with van der Waals surface area (Å²) in [7, 11) is 0. The van der Waals surface area contributed by atoms with Crippen molar-refractivity contribution in [2.24, 2.45) is 0 Å². The molecule has 0 amide bonds. The Bertz CT molecular complexity index is 376. The molecular weight excluding hydrogens is 297 g/mol. The summed E-state index contributed by atoms with van der Waals surface area (Å²) in [6, 6.07) is 0. The van der Waals surface area contributed by atoms with Crippen LogP contribution in [-0.2, 0) is 0 Å². The summed E-state index contributed by atoms with van der Waals surface area (Å²) in [5.74, 6) is -0.540. The minimum Gasteiger partial charge on any atom is -0.488 e. The number of pyridine rings is 1. The Morgan fingerprint density at radius 3 is 2.86 bits per heavy atom. The van der Waals surface area contributed by atoms with Gasteiger partial charge < -0.3 is 9.84 Å². The van der Waals surface area contributed by atoms with E-state index in [9.17, 15) is 4.79 Å². The first kappa shape index (κ1) is 9.70. The van der Waals surface area contributed by atoms with Crippen LogP contribution in [0.3, 0.4) is 0 Å². The van der Waals surface area contributed by atoms with Crippen molar-refractivity contribution in [2.45, 2.75) is 18.9 Å². The van der Waals surface area contributed by atoms with Crippen molar-refractivity contribution in [2.75, 3.05) is 0 Å². The van der Waals surface area contributed by atoms with E-state index in [-0.39, 0.29) is 11.7 Å². The Balaban J connectivity index is 2.36. The summed E-state index contributed by atoms with van der Waals surface area (Å²) in [5, 5.41) is 8.90. The second-order valence-corrected chi connectivity index (χ2v) is 4.28. The molecule has 0 saturated heterocycles. The zero-order chi connectivity index (χ0) is 10.1. The summed E-state index contributed by atoms with van der Waals surface area (Å²) >= 11 is 2.03. The fourth-order valence-corrected chi connectivity index (χ4v) is 1.63. The quantitative estimate of drug-likeness (QED) is 0.867. The van der Waals surface area contributed by atoms with Crippen LogP contribution in [0.15, 0.2) is 12.4 Å². The van der Waals surface area contributed by atoms with E-state index in [1.165, 1.54) is 6.20 Å². The first-order valence-electron chi connectivity index (χ1n) is 4.22. The zero-order valence-corrected chi connectivity index (χ0v) is 9.39. The maximum Gasteiger partial charge on any atom is 0.341 e. The lowest BCUT2D eigenvalue weighted by molar-refractivity contribution is 0.0691. The molecule has 1 saturated carbocycles. The summed E-state index contributed by atoms with van der Waals surface area (Å²) in [6.07, 6.45) is 5.14. The molecular formula is C9H8INO3. The predicted molar refractivity (Wildman–Crippen MR) is 57.6 cm³/mol. The SMILES string of the molecule is O=C(O)c1cncc(I)c1OC1CC1. The van der Waals surface area contributed by atoms with Gasteiger partial charge in [0.25, 0.3) is 0 Å². The lowest BCUT2D eigenvalue weighted by Crippen LogP contribution is -2.06. The molecule has 1 aromatic heterocycles. The van der Waals surface area contributed by atoms with Crippen LogP contribution in [0.4, 0.5) is 0 Å². The Labute approximate surface area is 94.4 Å². The average molecular weight is 305 g/mol. The van der Waals surface area contributed by atoms with Crippen LogP contribution in [-0.4, -0.2) is 22.2 Å². The van der Waals surface area contributed by atoms with E-state index >= 15 is 0 Å². The van der Waals surface area contributed by atoms with Gasteiger partial charge in [-0.15, -0.1) is 0 Å². The van der Waals surface area contributed by atoms with E-state index in [1.54, 1.807) is 6.20 Å². The van der Waals surface area contributed by atoms with Gasteiger partial charge in [0.15, 0.2) is 5.75 Å². The lowest BCUT2D eigenvalue weighted by Gasteiger charge is -2.08. The normalized spacial score (nSPS) is 15.2. The third-order valence-electron chi connectivity index (χ3n) is 1.89. The van der Waals surface area contributed by atoms with E-state index in [1.807, 2.05) is 22.6 Å². The molecule has 0 aliphatic heterocycles. The van der Waals surface area contributed by atoms with Crippen molar-refractivity contribution >= 4 is 28.6 Å². The molecule has 1 aromatic rings. The molecule has 1 aliphatic carbocycles. The van der Waals surface area contributed by atoms with Crippen molar-refractivity contribution < 1.29 is 14.6 Å².